The summed E-state index contributed by atoms with van der Waals surface area (Å²) < 4.78 is 2.70. The molecule has 1 saturated heterocycles. The number of aromatic amines is 1. The van der Waals surface area contributed by atoms with Gasteiger partial charge >= 0.3 is 0 Å². The Bertz CT molecular complexity index is 1030. The predicted octanol–water partition coefficient (Wildman–Crippen LogP) is 4.76. The Labute approximate surface area is 177 Å². The van der Waals surface area contributed by atoms with Gasteiger partial charge in [0.05, 0.1) is 0 Å². The van der Waals surface area contributed by atoms with E-state index in [4.69, 9.17) is 23.8 Å². The van der Waals surface area contributed by atoms with Crippen LogP contribution in [0.15, 0.2) is 29.6 Å². The molecular formula is C19H20ClN5OS2. The van der Waals surface area contributed by atoms with E-state index in [1.54, 1.807) is 0 Å². The normalized spacial score (nSPS) is 15.1. The fourth-order valence-electron chi connectivity index (χ4n) is 3.55. The van der Waals surface area contributed by atoms with Crippen molar-refractivity contribution in [3.63, 3.8) is 0 Å². The number of H-pyrrole nitrogens is 1. The molecule has 1 aromatic carbocycles. The first-order chi connectivity index (χ1) is 13.6. The molecule has 6 nitrogen and oxygen atoms in total. The quantitative estimate of drug-likeness (QED) is 0.602. The van der Waals surface area contributed by atoms with Crippen molar-refractivity contribution in [1.29, 1.82) is 0 Å². The molecule has 9 heteroatoms. The number of carbonyl (C=O) groups is 1. The SMILES string of the molecule is CCn1c(C2CCN(C(=O)c3csc(-c4ccc(Cl)cc4)n3)CC2)n[nH]c1=S. The van der Waals surface area contributed by atoms with E-state index in [-0.39, 0.29) is 5.91 Å². The number of hydrogen-bond acceptors (Lipinski definition) is 5. The number of aromatic nitrogens is 4. The minimum absolute atomic E-state index is 0.00994. The second-order valence-corrected chi connectivity index (χ2v) is 8.42. The number of halogens is 1. The van der Waals surface area contributed by atoms with Gasteiger partial charge in [0.25, 0.3) is 5.91 Å². The van der Waals surface area contributed by atoms with Crippen molar-refractivity contribution in [2.45, 2.75) is 32.2 Å². The zero-order valence-electron chi connectivity index (χ0n) is 15.4. The lowest BCUT2D eigenvalue weighted by atomic mass is 9.95. The highest BCUT2D eigenvalue weighted by Gasteiger charge is 2.28. The monoisotopic (exact) mass is 433 g/mol. The van der Waals surface area contributed by atoms with E-state index in [0.29, 0.717) is 34.5 Å². The van der Waals surface area contributed by atoms with E-state index >= 15 is 0 Å². The predicted molar refractivity (Wildman–Crippen MR) is 114 cm³/mol. The first-order valence-corrected chi connectivity index (χ1v) is 10.9. The van der Waals surface area contributed by atoms with Crippen LogP contribution in [-0.2, 0) is 6.54 Å². The number of amides is 1. The molecule has 28 heavy (non-hydrogen) atoms. The molecule has 0 bridgehead atoms. The van der Waals surface area contributed by atoms with Crippen molar-refractivity contribution in [3.8, 4) is 10.6 Å². The zero-order valence-corrected chi connectivity index (χ0v) is 17.8. The molecule has 2 aromatic heterocycles. The molecule has 0 saturated carbocycles. The molecule has 4 rings (SSSR count). The Kier molecular flexibility index (Phi) is 5.61. The largest absolute Gasteiger partial charge is 0.337 e. The molecule has 1 amide bonds. The maximum atomic E-state index is 12.9. The molecule has 0 radical (unpaired) electrons. The fourth-order valence-corrected chi connectivity index (χ4v) is 4.74. The lowest BCUT2D eigenvalue weighted by molar-refractivity contribution is 0.0705. The standard InChI is InChI=1S/C19H20ClN5OS2/c1-2-25-16(22-23-19(25)27)12-7-9-24(10-8-12)18(26)15-11-28-17(21-15)13-3-5-14(20)6-4-13/h3-6,11-12H,2,7-10H2,1H3,(H,23,27). The first kappa shape index (κ1) is 19.3. The maximum absolute atomic E-state index is 12.9. The highest BCUT2D eigenvalue weighted by molar-refractivity contribution is 7.71. The minimum Gasteiger partial charge on any atom is -0.337 e. The average Bonchev–Trinajstić information content (AvgIpc) is 3.35. The van der Waals surface area contributed by atoms with Gasteiger partial charge in [0.1, 0.15) is 16.5 Å². The van der Waals surface area contributed by atoms with Crippen LogP contribution in [0.3, 0.4) is 0 Å². The number of thiazole rings is 1. The second-order valence-electron chi connectivity index (χ2n) is 6.74. The molecule has 0 atom stereocenters. The Hall–Kier alpha value is -2.03. The van der Waals surface area contributed by atoms with Crippen LogP contribution in [0.2, 0.25) is 5.02 Å². The highest BCUT2D eigenvalue weighted by atomic mass is 35.5. The summed E-state index contributed by atoms with van der Waals surface area (Å²) in [4.78, 5) is 19.3. The summed E-state index contributed by atoms with van der Waals surface area (Å²) in [5.41, 5.74) is 1.47. The number of nitrogens with zero attached hydrogens (tertiary/aromatic N) is 4. The van der Waals surface area contributed by atoms with Gasteiger partial charge in [0.2, 0.25) is 0 Å². The van der Waals surface area contributed by atoms with Gasteiger partial charge in [0.15, 0.2) is 4.77 Å². The van der Waals surface area contributed by atoms with E-state index in [1.165, 1.54) is 11.3 Å². The smallest absolute Gasteiger partial charge is 0.273 e. The van der Waals surface area contributed by atoms with Crippen molar-refractivity contribution >= 4 is 41.1 Å². The van der Waals surface area contributed by atoms with Crippen molar-refractivity contribution in [1.82, 2.24) is 24.6 Å². The van der Waals surface area contributed by atoms with Crippen LogP contribution in [0, 0.1) is 4.77 Å². The lowest BCUT2D eigenvalue weighted by Crippen LogP contribution is -2.38. The van der Waals surface area contributed by atoms with Gasteiger partial charge in [-0.05, 0) is 44.1 Å². The Morgan fingerprint density at radius 1 is 1.32 bits per heavy atom. The summed E-state index contributed by atoms with van der Waals surface area (Å²) in [7, 11) is 0. The van der Waals surface area contributed by atoms with Gasteiger partial charge in [-0.3, -0.25) is 9.89 Å². The molecule has 0 spiro atoms. The van der Waals surface area contributed by atoms with Gasteiger partial charge < -0.3 is 9.47 Å². The van der Waals surface area contributed by atoms with Gasteiger partial charge in [-0.15, -0.1) is 11.3 Å². The average molecular weight is 434 g/mol. The molecule has 1 N–H and O–H groups in total. The molecule has 0 aliphatic carbocycles. The fraction of sp³-hybridized carbons (Fsp3) is 0.368. The number of likely N-dealkylation sites (tertiary alicyclic amines) is 1. The van der Waals surface area contributed by atoms with Crippen molar-refractivity contribution < 1.29 is 4.79 Å². The van der Waals surface area contributed by atoms with Crippen molar-refractivity contribution in [2.75, 3.05) is 13.1 Å². The topological polar surface area (TPSA) is 66.8 Å². The molecule has 146 valence electrons. The number of piperidine rings is 1. The van der Waals surface area contributed by atoms with Crippen LogP contribution in [0.25, 0.3) is 10.6 Å². The third-order valence-corrected chi connectivity index (χ3v) is 6.52. The summed E-state index contributed by atoms with van der Waals surface area (Å²) >= 11 is 12.7. The maximum Gasteiger partial charge on any atom is 0.273 e. The van der Waals surface area contributed by atoms with Gasteiger partial charge in [-0.2, -0.15) is 5.10 Å². The van der Waals surface area contributed by atoms with Crippen LogP contribution >= 0.6 is 35.2 Å². The van der Waals surface area contributed by atoms with Crippen LogP contribution in [0.1, 0.15) is 42.0 Å². The summed E-state index contributed by atoms with van der Waals surface area (Å²) in [6, 6.07) is 7.50. The minimum atomic E-state index is -0.00994. The third-order valence-electron chi connectivity index (χ3n) is 5.07. The van der Waals surface area contributed by atoms with Crippen molar-refractivity contribution in [2.24, 2.45) is 0 Å². The van der Waals surface area contributed by atoms with E-state index in [1.807, 2.05) is 39.1 Å². The lowest BCUT2D eigenvalue weighted by Gasteiger charge is -2.31. The summed E-state index contributed by atoms with van der Waals surface area (Å²) in [6.45, 7) is 4.26. The number of carbonyl (C=O) groups excluding carboxylic acids is 1. The summed E-state index contributed by atoms with van der Waals surface area (Å²) in [5.74, 6) is 1.31. The second kappa shape index (κ2) is 8.14. The third kappa shape index (κ3) is 3.76. The summed E-state index contributed by atoms with van der Waals surface area (Å²) in [5, 5.41) is 10.6. The Morgan fingerprint density at radius 3 is 2.71 bits per heavy atom. The van der Waals surface area contributed by atoms with Gasteiger partial charge in [-0.25, -0.2) is 4.98 Å². The first-order valence-electron chi connectivity index (χ1n) is 9.22. The molecule has 1 aliphatic rings. The van der Waals surface area contributed by atoms with Crippen LogP contribution in [0.5, 0.6) is 0 Å². The van der Waals surface area contributed by atoms with E-state index < -0.39 is 0 Å². The van der Waals surface area contributed by atoms with Gasteiger partial charge in [-0.1, -0.05) is 23.7 Å². The van der Waals surface area contributed by atoms with Crippen molar-refractivity contribution in [3.05, 3.63) is 51.0 Å². The Morgan fingerprint density at radius 2 is 2.04 bits per heavy atom. The molecule has 1 aliphatic heterocycles. The van der Waals surface area contributed by atoms with Crippen LogP contribution < -0.4 is 0 Å². The highest BCUT2D eigenvalue weighted by Crippen LogP contribution is 2.29. The molecule has 3 aromatic rings. The zero-order chi connectivity index (χ0) is 19.7. The molecule has 3 heterocycles. The van der Waals surface area contributed by atoms with Crippen LogP contribution in [0.4, 0.5) is 0 Å². The number of hydrogen-bond donors (Lipinski definition) is 1. The van der Waals surface area contributed by atoms with E-state index in [2.05, 4.69) is 22.1 Å². The molecule has 0 unspecified atom stereocenters. The number of nitrogens with one attached hydrogen (secondary N) is 1. The number of rotatable bonds is 4. The molecule has 1 fully saturated rings. The van der Waals surface area contributed by atoms with E-state index in [0.717, 1.165) is 35.8 Å². The Balaban J connectivity index is 1.43. The van der Waals surface area contributed by atoms with Crippen LogP contribution in [-0.4, -0.2) is 43.6 Å². The molecular weight excluding hydrogens is 414 g/mol. The van der Waals surface area contributed by atoms with E-state index in [9.17, 15) is 4.79 Å². The summed E-state index contributed by atoms with van der Waals surface area (Å²) in [6.07, 6.45) is 1.75. The van der Waals surface area contributed by atoms with Gasteiger partial charge in [0, 0.05) is 41.5 Å². The number of benzene rings is 1.